The van der Waals surface area contributed by atoms with Crippen LogP contribution in [0.5, 0.6) is 0 Å². The molecule has 18 heavy (non-hydrogen) atoms. The third-order valence-electron chi connectivity index (χ3n) is 2.85. The Balaban J connectivity index is 2.34. The lowest BCUT2D eigenvalue weighted by molar-refractivity contribution is 0.628. The summed E-state index contributed by atoms with van der Waals surface area (Å²) in [6.45, 7) is 1.90. The van der Waals surface area contributed by atoms with E-state index >= 15 is 0 Å². The molecule has 0 saturated heterocycles. The quantitative estimate of drug-likeness (QED) is 0.644. The zero-order chi connectivity index (χ0) is 12.7. The fourth-order valence-electron chi connectivity index (χ4n) is 2.12. The van der Waals surface area contributed by atoms with E-state index in [-0.39, 0.29) is 5.82 Å². The summed E-state index contributed by atoms with van der Waals surface area (Å²) >= 11 is 6.00. The Kier molecular flexibility index (Phi) is 2.56. The molecule has 0 aliphatic heterocycles. The van der Waals surface area contributed by atoms with Crippen LogP contribution < -0.4 is 0 Å². The number of nitrogens with zero attached hydrogens (tertiary/aromatic N) is 2. The minimum absolute atomic E-state index is 0.260. The summed E-state index contributed by atoms with van der Waals surface area (Å²) in [6.07, 6.45) is 1.79. The highest BCUT2D eigenvalue weighted by atomic mass is 35.5. The van der Waals surface area contributed by atoms with Gasteiger partial charge in [-0.25, -0.2) is 9.37 Å². The number of pyridine rings is 1. The predicted octanol–water partition coefficient (Wildman–Crippen LogP) is 4.10. The van der Waals surface area contributed by atoms with Crippen LogP contribution in [0.4, 0.5) is 4.39 Å². The van der Waals surface area contributed by atoms with E-state index in [0.29, 0.717) is 5.02 Å². The molecule has 0 aliphatic carbocycles. The van der Waals surface area contributed by atoms with E-state index in [0.717, 1.165) is 22.6 Å². The molecule has 0 bridgehead atoms. The van der Waals surface area contributed by atoms with Gasteiger partial charge >= 0.3 is 0 Å². The van der Waals surface area contributed by atoms with E-state index in [1.165, 1.54) is 12.1 Å². The van der Waals surface area contributed by atoms with Gasteiger partial charge in [-0.1, -0.05) is 23.7 Å². The van der Waals surface area contributed by atoms with Crippen molar-refractivity contribution < 1.29 is 4.39 Å². The van der Waals surface area contributed by atoms with Crippen LogP contribution in [-0.4, -0.2) is 9.38 Å². The Morgan fingerprint density at radius 3 is 2.83 bits per heavy atom. The van der Waals surface area contributed by atoms with Crippen molar-refractivity contribution in [2.24, 2.45) is 0 Å². The highest BCUT2D eigenvalue weighted by Crippen LogP contribution is 2.26. The van der Waals surface area contributed by atoms with Crippen molar-refractivity contribution >= 4 is 17.2 Å². The number of fused-ring (bicyclic) bond motifs is 1. The molecule has 0 aliphatic rings. The maximum atomic E-state index is 13.3. The van der Waals surface area contributed by atoms with Gasteiger partial charge in [-0.2, -0.15) is 0 Å². The minimum Gasteiger partial charge on any atom is -0.298 e. The Bertz CT molecular complexity index is 734. The van der Waals surface area contributed by atoms with Crippen molar-refractivity contribution in [3.63, 3.8) is 0 Å². The van der Waals surface area contributed by atoms with E-state index in [2.05, 4.69) is 4.98 Å². The van der Waals surface area contributed by atoms with Gasteiger partial charge in [0.1, 0.15) is 11.5 Å². The molecule has 0 N–H and O–H groups in total. The van der Waals surface area contributed by atoms with Gasteiger partial charge in [0.2, 0.25) is 0 Å². The summed E-state index contributed by atoms with van der Waals surface area (Å²) in [4.78, 5) is 4.44. The fourth-order valence-corrected chi connectivity index (χ4v) is 2.28. The summed E-state index contributed by atoms with van der Waals surface area (Å²) in [5, 5.41) is 0.623. The first kappa shape index (κ1) is 11.2. The number of aromatic nitrogens is 2. The number of hydrogen-bond acceptors (Lipinski definition) is 1. The van der Waals surface area contributed by atoms with Gasteiger partial charge in [0.15, 0.2) is 0 Å². The van der Waals surface area contributed by atoms with E-state index in [9.17, 15) is 4.39 Å². The molecule has 0 atom stereocenters. The second-order valence-corrected chi connectivity index (χ2v) is 4.57. The van der Waals surface area contributed by atoms with Crippen LogP contribution in [-0.2, 0) is 0 Å². The average molecular weight is 261 g/mol. The molecule has 1 aromatic carbocycles. The van der Waals surface area contributed by atoms with Crippen LogP contribution in [0.3, 0.4) is 0 Å². The molecule has 0 fully saturated rings. The standard InChI is InChI=1S/C14H10ClFN2/c1-9-14(10-3-2-4-12(16)7-10)18-8-11(15)5-6-13(18)17-9/h2-8H,1H3. The molecule has 0 amide bonds. The van der Waals surface area contributed by atoms with Crippen LogP contribution in [0.2, 0.25) is 5.02 Å². The topological polar surface area (TPSA) is 17.3 Å². The fraction of sp³-hybridized carbons (Fsp3) is 0.0714. The summed E-state index contributed by atoms with van der Waals surface area (Å²) in [5.74, 6) is -0.260. The first-order valence-corrected chi connectivity index (χ1v) is 5.93. The van der Waals surface area contributed by atoms with Gasteiger partial charge in [-0.3, -0.25) is 4.40 Å². The molecule has 4 heteroatoms. The molecule has 0 saturated carbocycles. The molecule has 0 unspecified atom stereocenters. The SMILES string of the molecule is Cc1nc2ccc(Cl)cn2c1-c1cccc(F)c1. The third-order valence-corrected chi connectivity index (χ3v) is 3.08. The van der Waals surface area contributed by atoms with Crippen molar-refractivity contribution in [3.05, 3.63) is 59.1 Å². The van der Waals surface area contributed by atoms with Gasteiger partial charge in [-0.05, 0) is 31.2 Å². The lowest BCUT2D eigenvalue weighted by Gasteiger charge is -2.04. The summed E-state index contributed by atoms with van der Waals surface area (Å²) in [7, 11) is 0. The van der Waals surface area contributed by atoms with Crippen LogP contribution in [0.25, 0.3) is 16.9 Å². The Hall–Kier alpha value is -1.87. The van der Waals surface area contributed by atoms with Crippen LogP contribution in [0.15, 0.2) is 42.6 Å². The van der Waals surface area contributed by atoms with Gasteiger partial charge in [0.25, 0.3) is 0 Å². The van der Waals surface area contributed by atoms with E-state index in [1.807, 2.05) is 23.5 Å². The Labute approximate surface area is 109 Å². The van der Waals surface area contributed by atoms with Crippen molar-refractivity contribution in [1.82, 2.24) is 9.38 Å². The maximum absolute atomic E-state index is 13.3. The molecule has 2 heterocycles. The smallest absolute Gasteiger partial charge is 0.137 e. The van der Waals surface area contributed by atoms with Gasteiger partial charge in [0, 0.05) is 11.8 Å². The van der Waals surface area contributed by atoms with Gasteiger partial charge < -0.3 is 0 Å². The van der Waals surface area contributed by atoms with Crippen molar-refractivity contribution in [3.8, 4) is 11.3 Å². The third kappa shape index (κ3) is 1.77. The first-order valence-electron chi connectivity index (χ1n) is 5.55. The summed E-state index contributed by atoms with van der Waals surface area (Å²) in [6, 6.07) is 10.1. The maximum Gasteiger partial charge on any atom is 0.137 e. The van der Waals surface area contributed by atoms with Crippen LogP contribution in [0, 0.1) is 12.7 Å². The van der Waals surface area contributed by atoms with Crippen molar-refractivity contribution in [1.29, 1.82) is 0 Å². The number of benzene rings is 1. The van der Waals surface area contributed by atoms with Crippen LogP contribution in [0.1, 0.15) is 5.69 Å². The van der Waals surface area contributed by atoms with Crippen molar-refractivity contribution in [2.75, 3.05) is 0 Å². The molecule has 90 valence electrons. The second kappa shape index (κ2) is 4.10. The van der Waals surface area contributed by atoms with E-state index < -0.39 is 0 Å². The highest BCUT2D eigenvalue weighted by molar-refractivity contribution is 6.30. The minimum atomic E-state index is -0.260. The molecular formula is C14H10ClFN2. The largest absolute Gasteiger partial charge is 0.298 e. The molecule has 2 aromatic heterocycles. The first-order chi connectivity index (χ1) is 8.65. The monoisotopic (exact) mass is 260 g/mol. The Morgan fingerprint density at radius 1 is 1.22 bits per heavy atom. The zero-order valence-electron chi connectivity index (χ0n) is 9.69. The molecule has 2 nitrogen and oxygen atoms in total. The summed E-state index contributed by atoms with van der Waals surface area (Å²) < 4.78 is 15.2. The van der Waals surface area contributed by atoms with Gasteiger partial charge in [-0.15, -0.1) is 0 Å². The van der Waals surface area contributed by atoms with E-state index in [1.54, 1.807) is 18.3 Å². The lowest BCUT2D eigenvalue weighted by atomic mass is 10.1. The number of rotatable bonds is 1. The van der Waals surface area contributed by atoms with Crippen molar-refractivity contribution in [2.45, 2.75) is 6.92 Å². The molecule has 0 radical (unpaired) electrons. The normalized spacial score (nSPS) is 11.1. The average Bonchev–Trinajstić information content (AvgIpc) is 2.64. The number of aryl methyl sites for hydroxylation is 1. The second-order valence-electron chi connectivity index (χ2n) is 4.13. The molecule has 3 rings (SSSR count). The Morgan fingerprint density at radius 2 is 2.06 bits per heavy atom. The zero-order valence-corrected chi connectivity index (χ0v) is 10.4. The number of hydrogen-bond donors (Lipinski definition) is 0. The molecular weight excluding hydrogens is 251 g/mol. The lowest BCUT2D eigenvalue weighted by Crippen LogP contribution is -1.89. The molecule has 3 aromatic rings. The molecule has 0 spiro atoms. The number of imidazole rings is 1. The number of halogens is 2. The predicted molar refractivity (Wildman–Crippen MR) is 70.3 cm³/mol. The highest BCUT2D eigenvalue weighted by Gasteiger charge is 2.11. The van der Waals surface area contributed by atoms with Crippen LogP contribution >= 0.6 is 11.6 Å². The van der Waals surface area contributed by atoms with Gasteiger partial charge in [0.05, 0.1) is 16.4 Å². The summed E-state index contributed by atoms with van der Waals surface area (Å²) in [5.41, 5.74) is 3.31. The van der Waals surface area contributed by atoms with E-state index in [4.69, 9.17) is 11.6 Å².